The number of nitro groups is 1. The van der Waals surface area contributed by atoms with E-state index in [0.717, 1.165) is 29.5 Å². The first-order valence-corrected chi connectivity index (χ1v) is 7.09. The molecule has 19 heavy (non-hydrogen) atoms. The van der Waals surface area contributed by atoms with Crippen LogP contribution in [0.4, 0.5) is 16.5 Å². The summed E-state index contributed by atoms with van der Waals surface area (Å²) in [5, 5.41) is 17.7. The van der Waals surface area contributed by atoms with Crippen LogP contribution in [-0.2, 0) is 10.0 Å². The lowest BCUT2D eigenvalue weighted by molar-refractivity contribution is -0.385. The molecule has 11 heteroatoms. The van der Waals surface area contributed by atoms with Gasteiger partial charge < -0.3 is 5.73 Å². The Hall–Kier alpha value is -2.27. The van der Waals surface area contributed by atoms with Crippen LogP contribution in [0, 0.1) is 10.1 Å². The van der Waals surface area contributed by atoms with Gasteiger partial charge in [0.25, 0.3) is 15.7 Å². The molecule has 0 saturated carbocycles. The van der Waals surface area contributed by atoms with Crippen molar-refractivity contribution in [1.29, 1.82) is 0 Å². The van der Waals surface area contributed by atoms with Crippen LogP contribution in [0.25, 0.3) is 0 Å². The Kier molecular flexibility index (Phi) is 3.31. The molecule has 0 spiro atoms. The fraction of sp³-hybridized carbons (Fsp3) is 0. The van der Waals surface area contributed by atoms with Crippen LogP contribution >= 0.6 is 11.3 Å². The van der Waals surface area contributed by atoms with Crippen molar-refractivity contribution in [3.63, 3.8) is 0 Å². The lowest BCUT2D eigenvalue weighted by atomic mass is 10.3. The maximum atomic E-state index is 12.0. The maximum Gasteiger partial charge on any atom is 0.270 e. The van der Waals surface area contributed by atoms with Crippen LogP contribution in [0.3, 0.4) is 0 Å². The van der Waals surface area contributed by atoms with Gasteiger partial charge in [-0.05, 0) is 6.07 Å². The number of sulfonamides is 1. The second-order valence-electron chi connectivity index (χ2n) is 3.33. The minimum Gasteiger partial charge on any atom is -0.398 e. The summed E-state index contributed by atoms with van der Waals surface area (Å²) in [6.07, 6.45) is 0. The van der Waals surface area contributed by atoms with Gasteiger partial charge >= 0.3 is 0 Å². The monoisotopic (exact) mass is 301 g/mol. The van der Waals surface area contributed by atoms with Gasteiger partial charge in [0.05, 0.1) is 10.6 Å². The van der Waals surface area contributed by atoms with Gasteiger partial charge in [-0.25, -0.2) is 8.42 Å². The van der Waals surface area contributed by atoms with Crippen LogP contribution in [-0.4, -0.2) is 23.5 Å². The molecule has 9 nitrogen and oxygen atoms in total. The van der Waals surface area contributed by atoms with Gasteiger partial charge in [0, 0.05) is 12.1 Å². The van der Waals surface area contributed by atoms with Crippen molar-refractivity contribution in [2.24, 2.45) is 0 Å². The van der Waals surface area contributed by atoms with Gasteiger partial charge in [0.2, 0.25) is 5.13 Å². The van der Waals surface area contributed by atoms with Crippen LogP contribution in [0.15, 0.2) is 28.6 Å². The summed E-state index contributed by atoms with van der Waals surface area (Å²) in [4.78, 5) is 9.55. The molecular weight excluding hydrogens is 294 g/mol. The normalized spacial score (nSPS) is 11.2. The Morgan fingerprint density at radius 1 is 1.42 bits per heavy atom. The molecule has 0 fully saturated rings. The molecule has 0 bridgehead atoms. The van der Waals surface area contributed by atoms with E-state index in [1.807, 2.05) is 0 Å². The molecule has 1 aromatic heterocycles. The van der Waals surface area contributed by atoms with E-state index in [0.29, 0.717) is 0 Å². The number of hydrogen-bond donors (Lipinski definition) is 2. The fourth-order valence-electron chi connectivity index (χ4n) is 1.26. The van der Waals surface area contributed by atoms with E-state index < -0.39 is 14.9 Å². The minimum atomic E-state index is -4.04. The lowest BCUT2D eigenvalue weighted by Gasteiger charge is -2.07. The average molecular weight is 301 g/mol. The molecule has 3 N–H and O–H groups in total. The van der Waals surface area contributed by atoms with Crippen LogP contribution in [0.1, 0.15) is 0 Å². The molecule has 0 unspecified atom stereocenters. The number of aromatic nitrogens is 2. The Morgan fingerprint density at radius 3 is 2.74 bits per heavy atom. The number of benzene rings is 1. The molecule has 0 atom stereocenters. The van der Waals surface area contributed by atoms with Crippen molar-refractivity contribution in [3.8, 4) is 0 Å². The van der Waals surface area contributed by atoms with Gasteiger partial charge in [-0.3, -0.25) is 14.8 Å². The second kappa shape index (κ2) is 4.78. The van der Waals surface area contributed by atoms with E-state index in [1.54, 1.807) is 0 Å². The molecule has 0 saturated heterocycles. The fourth-order valence-corrected chi connectivity index (χ4v) is 3.10. The largest absolute Gasteiger partial charge is 0.398 e. The van der Waals surface area contributed by atoms with Gasteiger partial charge in [-0.15, -0.1) is 10.2 Å². The lowest BCUT2D eigenvalue weighted by Crippen LogP contribution is -2.15. The highest BCUT2D eigenvalue weighted by molar-refractivity contribution is 7.93. The highest BCUT2D eigenvalue weighted by Gasteiger charge is 2.22. The first-order chi connectivity index (χ1) is 8.90. The average Bonchev–Trinajstić information content (AvgIpc) is 2.81. The number of nitrogens with one attached hydrogen (secondary N) is 1. The Labute approximate surface area is 111 Å². The topological polar surface area (TPSA) is 141 Å². The summed E-state index contributed by atoms with van der Waals surface area (Å²) in [5.41, 5.74) is 6.41. The van der Waals surface area contributed by atoms with E-state index in [1.165, 1.54) is 5.51 Å². The van der Waals surface area contributed by atoms with Crippen molar-refractivity contribution in [3.05, 3.63) is 33.8 Å². The number of nitrogens with zero attached hydrogens (tertiary/aromatic N) is 3. The highest BCUT2D eigenvalue weighted by Crippen LogP contribution is 2.26. The number of nitrogen functional groups attached to an aromatic ring is 1. The third-order valence-electron chi connectivity index (χ3n) is 2.08. The molecule has 0 aliphatic carbocycles. The zero-order chi connectivity index (χ0) is 14.0. The molecular formula is C8H7N5O4S2. The molecule has 2 rings (SSSR count). The maximum absolute atomic E-state index is 12.0. The van der Waals surface area contributed by atoms with Gasteiger partial charge in [-0.2, -0.15) is 0 Å². The zero-order valence-corrected chi connectivity index (χ0v) is 10.8. The standard InChI is InChI=1S/C8H7N5O4S2/c9-6-2-1-5(13(14)15)3-7(6)19(16,17)12-8-11-10-4-18-8/h1-4H,9H2,(H,11,12). The van der Waals surface area contributed by atoms with Crippen molar-refractivity contribution < 1.29 is 13.3 Å². The number of hydrogen-bond acceptors (Lipinski definition) is 8. The quantitative estimate of drug-likeness (QED) is 0.484. The molecule has 0 aliphatic rings. The van der Waals surface area contributed by atoms with Gasteiger partial charge in [-0.1, -0.05) is 11.3 Å². The summed E-state index contributed by atoms with van der Waals surface area (Å²) in [7, 11) is -4.04. The first kappa shape index (κ1) is 13.2. The molecule has 0 radical (unpaired) electrons. The third kappa shape index (κ3) is 2.77. The van der Waals surface area contributed by atoms with Crippen molar-refractivity contribution >= 4 is 37.9 Å². The van der Waals surface area contributed by atoms with Gasteiger partial charge in [0.1, 0.15) is 10.4 Å². The van der Waals surface area contributed by atoms with E-state index in [2.05, 4.69) is 14.9 Å². The molecule has 2 aromatic rings. The van der Waals surface area contributed by atoms with Crippen molar-refractivity contribution in [2.45, 2.75) is 4.90 Å². The van der Waals surface area contributed by atoms with Crippen LogP contribution in [0.5, 0.6) is 0 Å². The Morgan fingerprint density at radius 2 is 2.16 bits per heavy atom. The summed E-state index contributed by atoms with van der Waals surface area (Å²) in [6, 6.07) is 3.17. The van der Waals surface area contributed by atoms with Crippen LogP contribution in [0.2, 0.25) is 0 Å². The molecule has 0 amide bonds. The van der Waals surface area contributed by atoms with Crippen molar-refractivity contribution in [1.82, 2.24) is 10.2 Å². The minimum absolute atomic E-state index is 0.0471. The highest BCUT2D eigenvalue weighted by atomic mass is 32.2. The van der Waals surface area contributed by atoms with E-state index in [9.17, 15) is 18.5 Å². The predicted molar refractivity (Wildman–Crippen MR) is 68.2 cm³/mol. The number of nitrogens with two attached hydrogens (primary N) is 1. The van der Waals surface area contributed by atoms with Crippen LogP contribution < -0.4 is 10.5 Å². The van der Waals surface area contributed by atoms with Gasteiger partial charge in [0.15, 0.2) is 0 Å². The SMILES string of the molecule is Nc1ccc([N+](=O)[O-])cc1S(=O)(=O)Nc1nncs1. The first-order valence-electron chi connectivity index (χ1n) is 4.73. The predicted octanol–water partition coefficient (Wildman–Crippen LogP) is 0.829. The number of nitro benzene ring substituents is 1. The summed E-state index contributed by atoms with van der Waals surface area (Å²) >= 11 is 0.974. The molecule has 100 valence electrons. The number of anilines is 2. The molecule has 1 heterocycles. The molecule has 1 aromatic carbocycles. The summed E-state index contributed by atoms with van der Waals surface area (Å²) < 4.78 is 26.2. The van der Waals surface area contributed by atoms with E-state index in [-0.39, 0.29) is 21.4 Å². The zero-order valence-electron chi connectivity index (χ0n) is 9.18. The van der Waals surface area contributed by atoms with E-state index in [4.69, 9.17) is 5.73 Å². The van der Waals surface area contributed by atoms with E-state index >= 15 is 0 Å². The Balaban J connectivity index is 2.45. The number of rotatable bonds is 4. The second-order valence-corrected chi connectivity index (χ2v) is 5.81. The number of non-ortho nitro benzene ring substituents is 1. The molecule has 0 aliphatic heterocycles. The summed E-state index contributed by atoms with van der Waals surface area (Å²) in [5.74, 6) is 0. The summed E-state index contributed by atoms with van der Waals surface area (Å²) in [6.45, 7) is 0. The third-order valence-corrected chi connectivity index (χ3v) is 4.21. The Bertz CT molecular complexity index is 713. The smallest absolute Gasteiger partial charge is 0.270 e. The van der Waals surface area contributed by atoms with Crippen molar-refractivity contribution in [2.75, 3.05) is 10.5 Å².